The van der Waals surface area contributed by atoms with Gasteiger partial charge in [-0.05, 0) is 58.7 Å². The molecule has 0 bridgehead atoms. The Kier molecular flexibility index (Phi) is 7.42. The molecular formula is C51H31N3O2. The Hall–Kier alpha value is -7.63. The van der Waals surface area contributed by atoms with E-state index in [4.69, 9.17) is 23.8 Å². The van der Waals surface area contributed by atoms with E-state index in [1.54, 1.807) is 0 Å². The number of hydrogen-bond donors (Lipinski definition) is 0. The first-order chi connectivity index (χ1) is 27.7. The van der Waals surface area contributed by atoms with Crippen molar-refractivity contribution in [1.29, 1.82) is 0 Å². The van der Waals surface area contributed by atoms with Crippen LogP contribution in [0.25, 0.3) is 111 Å². The number of benzene rings is 8. The summed E-state index contributed by atoms with van der Waals surface area (Å²) >= 11 is 0. The lowest BCUT2D eigenvalue weighted by atomic mass is 9.95. The molecule has 0 amide bonds. The van der Waals surface area contributed by atoms with Gasteiger partial charge >= 0.3 is 0 Å². The van der Waals surface area contributed by atoms with Crippen LogP contribution in [0.3, 0.4) is 0 Å². The van der Waals surface area contributed by atoms with E-state index in [0.29, 0.717) is 17.5 Å². The molecule has 0 aliphatic carbocycles. The van der Waals surface area contributed by atoms with Crippen molar-refractivity contribution in [3.63, 3.8) is 0 Å². The van der Waals surface area contributed by atoms with E-state index in [2.05, 4.69) is 127 Å². The van der Waals surface area contributed by atoms with Crippen LogP contribution in [-0.4, -0.2) is 15.0 Å². The standard InChI is InChI=1S/C51H31N3O2/c1-4-14-32(15-5-1)35-20-12-21-36(28-35)50-52-49(34-18-8-3-9-19-34)53-51(54-50)37-26-27-40-41-23-13-24-42(47(41)56-46(40)31-37)44-30-38(33-16-6-2-7-17-33)29-43-39-22-10-11-25-45(39)55-48(43)44/h1-31H. The number of hydrogen-bond acceptors (Lipinski definition) is 5. The minimum absolute atomic E-state index is 0.570. The molecule has 8 aromatic carbocycles. The third-order valence-electron chi connectivity index (χ3n) is 10.5. The lowest BCUT2D eigenvalue weighted by Crippen LogP contribution is -2.00. The quantitative estimate of drug-likeness (QED) is 0.171. The van der Waals surface area contributed by atoms with Gasteiger partial charge in [0.15, 0.2) is 17.5 Å². The maximum absolute atomic E-state index is 6.85. The number of para-hydroxylation sites is 2. The number of nitrogens with zero attached hydrogens (tertiary/aromatic N) is 3. The molecule has 3 heterocycles. The van der Waals surface area contributed by atoms with Crippen LogP contribution in [0.4, 0.5) is 0 Å². The minimum atomic E-state index is 0.570. The second-order valence-electron chi connectivity index (χ2n) is 14.0. The van der Waals surface area contributed by atoms with Gasteiger partial charge in [-0.2, -0.15) is 0 Å². The molecule has 262 valence electrons. The average Bonchev–Trinajstić information content (AvgIpc) is 3.85. The van der Waals surface area contributed by atoms with Crippen LogP contribution >= 0.6 is 0 Å². The van der Waals surface area contributed by atoms with Gasteiger partial charge in [-0.15, -0.1) is 0 Å². The Bertz CT molecular complexity index is 3240. The van der Waals surface area contributed by atoms with E-state index < -0.39 is 0 Å². The molecule has 0 aliphatic rings. The van der Waals surface area contributed by atoms with Gasteiger partial charge in [0.2, 0.25) is 0 Å². The van der Waals surface area contributed by atoms with E-state index in [0.717, 1.165) is 93.9 Å². The molecule has 0 saturated carbocycles. The highest BCUT2D eigenvalue weighted by atomic mass is 16.3. The normalized spacial score (nSPS) is 11.6. The molecule has 56 heavy (non-hydrogen) atoms. The smallest absolute Gasteiger partial charge is 0.164 e. The molecule has 11 rings (SSSR count). The van der Waals surface area contributed by atoms with E-state index in [9.17, 15) is 0 Å². The third-order valence-corrected chi connectivity index (χ3v) is 10.5. The Labute approximate surface area is 322 Å². The van der Waals surface area contributed by atoms with Crippen LogP contribution in [0.15, 0.2) is 197 Å². The zero-order valence-corrected chi connectivity index (χ0v) is 30.1. The highest BCUT2D eigenvalue weighted by Gasteiger charge is 2.20. The lowest BCUT2D eigenvalue weighted by molar-refractivity contribution is 0.665. The summed E-state index contributed by atoms with van der Waals surface area (Å²) in [6.07, 6.45) is 0. The predicted molar refractivity (Wildman–Crippen MR) is 227 cm³/mol. The molecule has 0 unspecified atom stereocenters. The summed E-state index contributed by atoms with van der Waals surface area (Å²) < 4.78 is 13.4. The molecule has 0 aliphatic heterocycles. The highest BCUT2D eigenvalue weighted by Crippen LogP contribution is 2.44. The fraction of sp³-hybridized carbons (Fsp3) is 0. The molecule has 0 radical (unpaired) electrons. The van der Waals surface area contributed by atoms with Crippen molar-refractivity contribution in [3.8, 4) is 67.5 Å². The summed E-state index contributed by atoms with van der Waals surface area (Å²) in [7, 11) is 0. The summed E-state index contributed by atoms with van der Waals surface area (Å²) in [5.74, 6) is 1.78. The molecule has 0 saturated heterocycles. The zero-order valence-electron chi connectivity index (χ0n) is 30.1. The van der Waals surface area contributed by atoms with Crippen LogP contribution in [-0.2, 0) is 0 Å². The van der Waals surface area contributed by atoms with Gasteiger partial charge in [-0.1, -0.05) is 152 Å². The fourth-order valence-electron chi connectivity index (χ4n) is 7.79. The first kappa shape index (κ1) is 31.9. The molecule has 0 N–H and O–H groups in total. The lowest BCUT2D eigenvalue weighted by Gasteiger charge is -2.09. The molecule has 3 aromatic heterocycles. The molecule has 5 heteroatoms. The monoisotopic (exact) mass is 717 g/mol. The fourth-order valence-corrected chi connectivity index (χ4v) is 7.79. The number of aromatic nitrogens is 3. The molecule has 11 aromatic rings. The van der Waals surface area contributed by atoms with Gasteiger partial charge in [0.05, 0.1) is 0 Å². The van der Waals surface area contributed by atoms with Crippen LogP contribution in [0, 0.1) is 0 Å². The number of furan rings is 2. The van der Waals surface area contributed by atoms with Gasteiger partial charge in [0, 0.05) is 49.4 Å². The largest absolute Gasteiger partial charge is 0.455 e. The first-order valence-electron chi connectivity index (χ1n) is 18.7. The van der Waals surface area contributed by atoms with E-state index in [-0.39, 0.29) is 0 Å². The maximum atomic E-state index is 6.85. The molecule has 5 nitrogen and oxygen atoms in total. The topological polar surface area (TPSA) is 65.0 Å². The Morgan fingerprint density at radius 3 is 1.54 bits per heavy atom. The predicted octanol–water partition coefficient (Wildman–Crippen LogP) is 13.7. The number of fused-ring (bicyclic) bond motifs is 6. The van der Waals surface area contributed by atoms with Crippen LogP contribution in [0.5, 0.6) is 0 Å². The van der Waals surface area contributed by atoms with Crippen molar-refractivity contribution in [2.45, 2.75) is 0 Å². The second-order valence-corrected chi connectivity index (χ2v) is 14.0. The summed E-state index contributed by atoms with van der Waals surface area (Å²) in [5, 5.41) is 4.19. The van der Waals surface area contributed by atoms with Crippen molar-refractivity contribution < 1.29 is 8.83 Å². The third kappa shape index (κ3) is 5.45. The second kappa shape index (κ2) is 13.0. The highest BCUT2D eigenvalue weighted by molar-refractivity contribution is 6.16. The molecule has 0 spiro atoms. The SMILES string of the molecule is c1ccc(-c2cccc(-c3nc(-c4ccccc4)nc(-c4ccc5c(c4)oc4c(-c6cc(-c7ccccc7)cc7c6oc6ccccc67)cccc45)n3)c2)cc1. The Morgan fingerprint density at radius 2 is 0.786 bits per heavy atom. The van der Waals surface area contributed by atoms with Gasteiger partial charge in [-0.25, -0.2) is 15.0 Å². The van der Waals surface area contributed by atoms with Crippen LogP contribution in [0.1, 0.15) is 0 Å². The first-order valence-corrected chi connectivity index (χ1v) is 18.7. The molecule has 0 fully saturated rings. The van der Waals surface area contributed by atoms with Gasteiger partial charge in [-0.3, -0.25) is 0 Å². The molecular weight excluding hydrogens is 687 g/mol. The van der Waals surface area contributed by atoms with Crippen molar-refractivity contribution in [3.05, 3.63) is 188 Å². The number of rotatable bonds is 6. The summed E-state index contributed by atoms with van der Waals surface area (Å²) in [6.45, 7) is 0. The summed E-state index contributed by atoms with van der Waals surface area (Å²) in [6, 6.07) is 64.5. The van der Waals surface area contributed by atoms with Gasteiger partial charge in [0.25, 0.3) is 0 Å². The Balaban J connectivity index is 1.08. The van der Waals surface area contributed by atoms with Crippen LogP contribution in [0.2, 0.25) is 0 Å². The van der Waals surface area contributed by atoms with E-state index in [1.165, 1.54) is 0 Å². The molecule has 0 atom stereocenters. The van der Waals surface area contributed by atoms with E-state index in [1.807, 2.05) is 60.7 Å². The Morgan fingerprint density at radius 1 is 0.268 bits per heavy atom. The van der Waals surface area contributed by atoms with E-state index >= 15 is 0 Å². The van der Waals surface area contributed by atoms with Crippen LogP contribution < -0.4 is 0 Å². The minimum Gasteiger partial charge on any atom is -0.455 e. The van der Waals surface area contributed by atoms with Crippen molar-refractivity contribution in [2.75, 3.05) is 0 Å². The van der Waals surface area contributed by atoms with Gasteiger partial charge in [0.1, 0.15) is 22.3 Å². The van der Waals surface area contributed by atoms with Crippen molar-refractivity contribution >= 4 is 43.9 Å². The van der Waals surface area contributed by atoms with Crippen molar-refractivity contribution in [2.24, 2.45) is 0 Å². The van der Waals surface area contributed by atoms with Crippen molar-refractivity contribution in [1.82, 2.24) is 15.0 Å². The average molecular weight is 718 g/mol. The summed E-state index contributed by atoms with van der Waals surface area (Å²) in [5.41, 5.74) is 12.3. The zero-order chi connectivity index (χ0) is 37.0. The summed E-state index contributed by atoms with van der Waals surface area (Å²) in [4.78, 5) is 15.1. The maximum Gasteiger partial charge on any atom is 0.164 e. The van der Waals surface area contributed by atoms with Gasteiger partial charge < -0.3 is 8.83 Å².